The number of sulfone groups is 1. The second-order valence-corrected chi connectivity index (χ2v) is 10.6. The van der Waals surface area contributed by atoms with Crippen LogP contribution in [0, 0.1) is 19.7 Å². The Hall–Kier alpha value is -2.52. The van der Waals surface area contributed by atoms with Gasteiger partial charge < -0.3 is 4.57 Å². The Kier molecular flexibility index (Phi) is 6.66. The Morgan fingerprint density at radius 3 is 2.45 bits per heavy atom. The van der Waals surface area contributed by atoms with Crippen LogP contribution in [0.15, 0.2) is 35.6 Å². The van der Waals surface area contributed by atoms with E-state index >= 15 is 0 Å². The monoisotopic (exact) mass is 447 g/mol. The van der Waals surface area contributed by atoms with Gasteiger partial charge in [0, 0.05) is 29.4 Å². The molecule has 31 heavy (non-hydrogen) atoms. The first kappa shape index (κ1) is 23.1. The minimum absolute atomic E-state index is 0.0301. The van der Waals surface area contributed by atoms with Gasteiger partial charge in [0.2, 0.25) is 15.0 Å². The third-order valence-corrected chi connectivity index (χ3v) is 7.81. The number of imidazole rings is 1. The van der Waals surface area contributed by atoms with Crippen molar-refractivity contribution in [2.45, 2.75) is 64.2 Å². The Balaban J connectivity index is 2.00. The van der Waals surface area contributed by atoms with E-state index in [-0.39, 0.29) is 23.6 Å². The number of aromatic amines is 1. The summed E-state index contributed by atoms with van der Waals surface area (Å²) in [6, 6.07) is 6.44. The maximum absolute atomic E-state index is 14.4. The van der Waals surface area contributed by atoms with Gasteiger partial charge in [0.05, 0.1) is 29.4 Å². The van der Waals surface area contributed by atoms with E-state index in [2.05, 4.69) is 27.0 Å². The number of hydrogen-bond acceptors (Lipinski definition) is 5. The lowest BCUT2D eigenvalue weighted by molar-refractivity contribution is 0.245. The van der Waals surface area contributed by atoms with Gasteiger partial charge in [-0.05, 0) is 47.7 Å². The van der Waals surface area contributed by atoms with Crippen molar-refractivity contribution in [3.05, 3.63) is 64.5 Å². The molecule has 3 aromatic rings. The standard InChI is InChI=1S/C22H30FN5O2S/c1-14(2)31(29,30)22-24-11-19(28(22)12-18-9-7-8-10-20(18)23)13-27(6)17(5)21-15(3)25-26-16(21)4/h7-11,14,17H,12-13H2,1-6H3,(H,25,26)/t17-/m1/s1. The lowest BCUT2D eigenvalue weighted by Crippen LogP contribution is -2.26. The molecule has 0 aliphatic rings. The summed E-state index contributed by atoms with van der Waals surface area (Å²) in [7, 11) is -1.67. The van der Waals surface area contributed by atoms with Gasteiger partial charge in [-0.2, -0.15) is 5.10 Å². The SMILES string of the molecule is Cc1n[nH]c(C)c1[C@@H](C)N(C)Cc1cnc(S(=O)(=O)C(C)C)n1Cc1ccccc1F. The minimum Gasteiger partial charge on any atom is -0.313 e. The molecular weight excluding hydrogens is 417 g/mol. The number of nitrogens with zero attached hydrogens (tertiary/aromatic N) is 4. The lowest BCUT2D eigenvalue weighted by atomic mass is 10.1. The van der Waals surface area contributed by atoms with Crippen molar-refractivity contribution in [2.24, 2.45) is 0 Å². The molecule has 2 heterocycles. The fraction of sp³-hybridized carbons (Fsp3) is 0.455. The quantitative estimate of drug-likeness (QED) is 0.568. The molecule has 1 aromatic carbocycles. The molecular formula is C22H30FN5O2S. The highest BCUT2D eigenvalue weighted by Gasteiger charge is 2.28. The van der Waals surface area contributed by atoms with Crippen LogP contribution in [-0.4, -0.2) is 45.4 Å². The predicted octanol–water partition coefficient (Wildman–Crippen LogP) is 3.79. The van der Waals surface area contributed by atoms with Crippen LogP contribution in [-0.2, 0) is 22.9 Å². The molecule has 0 unspecified atom stereocenters. The van der Waals surface area contributed by atoms with E-state index in [1.54, 1.807) is 42.8 Å². The molecule has 0 aliphatic carbocycles. The van der Waals surface area contributed by atoms with Crippen molar-refractivity contribution in [1.82, 2.24) is 24.6 Å². The summed E-state index contributed by atoms with van der Waals surface area (Å²) in [6.45, 7) is 9.80. The first-order valence-corrected chi connectivity index (χ1v) is 11.8. The molecule has 0 bridgehead atoms. The summed E-state index contributed by atoms with van der Waals surface area (Å²) >= 11 is 0. The molecule has 2 aromatic heterocycles. The van der Waals surface area contributed by atoms with Gasteiger partial charge in [0.15, 0.2) is 0 Å². The van der Waals surface area contributed by atoms with Crippen molar-refractivity contribution in [3.63, 3.8) is 0 Å². The first-order valence-electron chi connectivity index (χ1n) is 10.3. The molecule has 168 valence electrons. The lowest BCUT2D eigenvalue weighted by Gasteiger charge is -2.26. The molecule has 1 atom stereocenters. The number of rotatable bonds is 8. The molecule has 0 saturated carbocycles. The fourth-order valence-corrected chi connectivity index (χ4v) is 4.82. The van der Waals surface area contributed by atoms with Crippen LogP contribution in [0.2, 0.25) is 0 Å². The normalized spacial score (nSPS) is 13.3. The fourth-order valence-electron chi connectivity index (χ4n) is 3.71. The van der Waals surface area contributed by atoms with E-state index < -0.39 is 15.1 Å². The maximum Gasteiger partial charge on any atom is 0.228 e. The third kappa shape index (κ3) is 4.57. The highest BCUT2D eigenvalue weighted by molar-refractivity contribution is 7.91. The molecule has 3 rings (SSSR count). The Labute approximate surface area is 183 Å². The van der Waals surface area contributed by atoms with Gasteiger partial charge in [-0.3, -0.25) is 10.00 Å². The minimum atomic E-state index is -3.64. The summed E-state index contributed by atoms with van der Waals surface area (Å²) in [5.41, 5.74) is 4.16. The van der Waals surface area contributed by atoms with Crippen LogP contribution >= 0.6 is 0 Å². The summed E-state index contributed by atoms with van der Waals surface area (Å²) in [6.07, 6.45) is 1.58. The third-order valence-electron chi connectivity index (χ3n) is 5.74. The van der Waals surface area contributed by atoms with Crippen molar-refractivity contribution in [3.8, 4) is 0 Å². The van der Waals surface area contributed by atoms with Gasteiger partial charge >= 0.3 is 0 Å². The van der Waals surface area contributed by atoms with Crippen LogP contribution in [0.4, 0.5) is 4.39 Å². The van der Waals surface area contributed by atoms with Crippen LogP contribution < -0.4 is 0 Å². The number of halogens is 1. The van der Waals surface area contributed by atoms with Crippen LogP contribution in [0.3, 0.4) is 0 Å². The maximum atomic E-state index is 14.4. The van der Waals surface area contributed by atoms with Gasteiger partial charge in [0.1, 0.15) is 5.82 Å². The number of H-pyrrole nitrogens is 1. The van der Waals surface area contributed by atoms with E-state index in [0.29, 0.717) is 17.8 Å². The van der Waals surface area contributed by atoms with Gasteiger partial charge in [0.25, 0.3) is 0 Å². The zero-order chi connectivity index (χ0) is 22.9. The summed E-state index contributed by atoms with van der Waals surface area (Å²) in [4.78, 5) is 6.36. The average Bonchev–Trinajstić information content (AvgIpc) is 3.26. The van der Waals surface area contributed by atoms with Crippen molar-refractivity contribution in [2.75, 3.05) is 7.05 Å². The molecule has 0 saturated heterocycles. The topological polar surface area (TPSA) is 83.9 Å². The van der Waals surface area contributed by atoms with Crippen molar-refractivity contribution in [1.29, 1.82) is 0 Å². The summed E-state index contributed by atoms with van der Waals surface area (Å²) in [5.74, 6) is -0.374. The van der Waals surface area contributed by atoms with Gasteiger partial charge in [-0.1, -0.05) is 18.2 Å². The van der Waals surface area contributed by atoms with Crippen LogP contribution in [0.5, 0.6) is 0 Å². The molecule has 9 heteroatoms. The number of hydrogen-bond donors (Lipinski definition) is 1. The molecule has 0 aliphatic heterocycles. The van der Waals surface area contributed by atoms with E-state index in [4.69, 9.17) is 0 Å². The second-order valence-electron chi connectivity index (χ2n) is 8.24. The smallest absolute Gasteiger partial charge is 0.228 e. The molecule has 0 radical (unpaired) electrons. The predicted molar refractivity (Wildman–Crippen MR) is 118 cm³/mol. The average molecular weight is 448 g/mol. The second kappa shape index (κ2) is 8.92. The highest BCUT2D eigenvalue weighted by Crippen LogP contribution is 2.27. The van der Waals surface area contributed by atoms with Gasteiger partial charge in [-0.15, -0.1) is 0 Å². The Morgan fingerprint density at radius 1 is 1.19 bits per heavy atom. The van der Waals surface area contributed by atoms with E-state index in [1.165, 1.54) is 6.07 Å². The molecule has 1 N–H and O–H groups in total. The van der Waals surface area contributed by atoms with E-state index in [1.807, 2.05) is 20.9 Å². The number of nitrogens with one attached hydrogen (secondary N) is 1. The zero-order valence-electron chi connectivity index (χ0n) is 18.8. The largest absolute Gasteiger partial charge is 0.313 e. The molecule has 7 nitrogen and oxygen atoms in total. The zero-order valence-corrected chi connectivity index (χ0v) is 19.7. The van der Waals surface area contributed by atoms with Crippen molar-refractivity contribution >= 4 is 9.84 Å². The first-order chi connectivity index (χ1) is 14.5. The van der Waals surface area contributed by atoms with E-state index in [9.17, 15) is 12.8 Å². The molecule has 0 fully saturated rings. The number of aromatic nitrogens is 4. The van der Waals surface area contributed by atoms with Crippen LogP contribution in [0.25, 0.3) is 0 Å². The van der Waals surface area contributed by atoms with Crippen LogP contribution in [0.1, 0.15) is 55.0 Å². The number of benzene rings is 1. The summed E-state index contributed by atoms with van der Waals surface area (Å²) in [5, 5.41) is 6.62. The highest BCUT2D eigenvalue weighted by atomic mass is 32.2. The molecule has 0 spiro atoms. The Bertz CT molecular complexity index is 1150. The summed E-state index contributed by atoms with van der Waals surface area (Å²) < 4.78 is 41.8. The number of aryl methyl sites for hydroxylation is 2. The molecule has 0 amide bonds. The van der Waals surface area contributed by atoms with Gasteiger partial charge in [-0.25, -0.2) is 17.8 Å². The van der Waals surface area contributed by atoms with Crippen molar-refractivity contribution < 1.29 is 12.8 Å². The Morgan fingerprint density at radius 2 is 1.87 bits per heavy atom. The van der Waals surface area contributed by atoms with E-state index in [0.717, 1.165) is 17.0 Å².